The summed E-state index contributed by atoms with van der Waals surface area (Å²) >= 11 is 5.88. The van der Waals surface area contributed by atoms with Crippen LogP contribution in [0.25, 0.3) is 11.3 Å². The zero-order chi connectivity index (χ0) is 14.5. The van der Waals surface area contributed by atoms with Crippen LogP contribution >= 0.6 is 11.6 Å². The Labute approximate surface area is 128 Å². The van der Waals surface area contributed by atoms with Gasteiger partial charge in [-0.3, -0.25) is 10.00 Å². The van der Waals surface area contributed by atoms with Crippen molar-refractivity contribution in [1.29, 1.82) is 0 Å². The molecule has 1 N–H and O–H groups in total. The van der Waals surface area contributed by atoms with Gasteiger partial charge in [-0.15, -0.1) is 5.10 Å². The van der Waals surface area contributed by atoms with Gasteiger partial charge in [0.2, 0.25) is 5.88 Å². The zero-order valence-electron chi connectivity index (χ0n) is 11.7. The van der Waals surface area contributed by atoms with Gasteiger partial charge in [-0.05, 0) is 17.7 Å². The highest BCUT2D eigenvalue weighted by Crippen LogP contribution is 2.22. The molecule has 2 aromatic rings. The number of ether oxygens (including phenoxy) is 2. The summed E-state index contributed by atoms with van der Waals surface area (Å²) in [6.45, 7) is 5.09. The van der Waals surface area contributed by atoms with E-state index in [1.807, 2.05) is 30.3 Å². The molecule has 6 heteroatoms. The Morgan fingerprint density at radius 3 is 2.76 bits per heavy atom. The van der Waals surface area contributed by atoms with Gasteiger partial charge in [0.25, 0.3) is 0 Å². The molecule has 1 aliphatic heterocycles. The van der Waals surface area contributed by atoms with Gasteiger partial charge < -0.3 is 9.47 Å². The number of benzene rings is 1. The number of aromatic nitrogens is 2. The second kappa shape index (κ2) is 6.93. The third-order valence-corrected chi connectivity index (χ3v) is 3.72. The Morgan fingerprint density at radius 1 is 1.24 bits per heavy atom. The minimum absolute atomic E-state index is 0.619. The number of nitrogens with zero attached hydrogens (tertiary/aromatic N) is 2. The van der Waals surface area contributed by atoms with Crippen molar-refractivity contribution in [1.82, 2.24) is 15.1 Å². The molecule has 1 fully saturated rings. The second-order valence-electron chi connectivity index (χ2n) is 4.93. The van der Waals surface area contributed by atoms with Crippen molar-refractivity contribution in [3.63, 3.8) is 0 Å². The van der Waals surface area contributed by atoms with Crippen molar-refractivity contribution in [2.75, 3.05) is 39.5 Å². The van der Waals surface area contributed by atoms with Crippen molar-refractivity contribution >= 4 is 11.6 Å². The van der Waals surface area contributed by atoms with Crippen LogP contribution in [0, 0.1) is 0 Å². The van der Waals surface area contributed by atoms with Crippen molar-refractivity contribution in [2.24, 2.45) is 0 Å². The molecular formula is C15H18ClN3O2. The van der Waals surface area contributed by atoms with E-state index in [0.29, 0.717) is 12.5 Å². The monoisotopic (exact) mass is 307 g/mol. The Bertz CT molecular complexity index is 565. The average molecular weight is 308 g/mol. The van der Waals surface area contributed by atoms with Crippen LogP contribution in [0.1, 0.15) is 0 Å². The van der Waals surface area contributed by atoms with E-state index in [0.717, 1.165) is 49.1 Å². The summed E-state index contributed by atoms with van der Waals surface area (Å²) in [6.07, 6.45) is 0. The van der Waals surface area contributed by atoms with Crippen LogP contribution in [0.4, 0.5) is 0 Å². The Kier molecular flexibility index (Phi) is 4.75. The fourth-order valence-corrected chi connectivity index (χ4v) is 2.38. The molecule has 0 atom stereocenters. The predicted octanol–water partition coefficient (Wildman–Crippen LogP) is 2.44. The zero-order valence-corrected chi connectivity index (χ0v) is 12.5. The number of rotatable bonds is 5. The summed E-state index contributed by atoms with van der Waals surface area (Å²) in [5, 5.41) is 7.87. The Balaban J connectivity index is 1.51. The molecular weight excluding hydrogens is 290 g/mol. The fraction of sp³-hybridized carbons (Fsp3) is 0.400. The van der Waals surface area contributed by atoms with Gasteiger partial charge in [0.1, 0.15) is 6.61 Å². The average Bonchev–Trinajstić information content (AvgIpc) is 2.98. The lowest BCUT2D eigenvalue weighted by Gasteiger charge is -2.26. The number of morpholine rings is 1. The van der Waals surface area contributed by atoms with Gasteiger partial charge in [0.05, 0.1) is 18.9 Å². The molecule has 0 spiro atoms. The SMILES string of the molecule is Clc1ccc(-c2cc(OCCN3CCOCC3)n[nH]2)cc1. The highest BCUT2D eigenvalue weighted by molar-refractivity contribution is 6.30. The lowest BCUT2D eigenvalue weighted by atomic mass is 10.2. The van der Waals surface area contributed by atoms with Gasteiger partial charge in [0, 0.05) is 30.7 Å². The van der Waals surface area contributed by atoms with Crippen molar-refractivity contribution in [3.05, 3.63) is 35.4 Å². The smallest absolute Gasteiger partial charge is 0.233 e. The maximum atomic E-state index is 5.88. The summed E-state index contributed by atoms with van der Waals surface area (Å²) in [5.41, 5.74) is 1.96. The molecule has 21 heavy (non-hydrogen) atoms. The first-order valence-corrected chi connectivity index (χ1v) is 7.43. The molecule has 3 rings (SSSR count). The molecule has 0 radical (unpaired) electrons. The molecule has 1 aromatic heterocycles. The van der Waals surface area contributed by atoms with Gasteiger partial charge in [0.15, 0.2) is 0 Å². The number of hydrogen-bond acceptors (Lipinski definition) is 4. The third kappa shape index (κ3) is 3.97. The van der Waals surface area contributed by atoms with Gasteiger partial charge in [-0.2, -0.15) is 0 Å². The highest BCUT2D eigenvalue weighted by Gasteiger charge is 2.10. The van der Waals surface area contributed by atoms with E-state index in [1.165, 1.54) is 0 Å². The molecule has 0 unspecified atom stereocenters. The first-order valence-electron chi connectivity index (χ1n) is 7.05. The van der Waals surface area contributed by atoms with Gasteiger partial charge in [-0.25, -0.2) is 0 Å². The number of hydrogen-bond donors (Lipinski definition) is 1. The summed E-state index contributed by atoms with van der Waals surface area (Å²) in [4.78, 5) is 2.33. The van der Waals surface area contributed by atoms with Crippen molar-refractivity contribution in [2.45, 2.75) is 0 Å². The standard InChI is InChI=1S/C15H18ClN3O2/c16-13-3-1-12(2-4-13)14-11-15(18-17-14)21-10-7-19-5-8-20-9-6-19/h1-4,11H,5-10H2,(H,17,18). The summed E-state index contributed by atoms with van der Waals surface area (Å²) in [7, 11) is 0. The first-order chi connectivity index (χ1) is 10.3. The third-order valence-electron chi connectivity index (χ3n) is 3.47. The molecule has 5 nitrogen and oxygen atoms in total. The molecule has 0 bridgehead atoms. The molecule has 1 aliphatic rings. The number of H-pyrrole nitrogens is 1. The minimum Gasteiger partial charge on any atom is -0.475 e. The molecule has 1 saturated heterocycles. The lowest BCUT2D eigenvalue weighted by molar-refractivity contribution is 0.0320. The lowest BCUT2D eigenvalue weighted by Crippen LogP contribution is -2.38. The molecule has 1 aromatic carbocycles. The Hall–Kier alpha value is -1.56. The fourth-order valence-electron chi connectivity index (χ4n) is 2.26. The van der Waals surface area contributed by atoms with E-state index in [4.69, 9.17) is 21.1 Å². The number of halogens is 1. The first kappa shape index (κ1) is 14.4. The van der Waals surface area contributed by atoms with Crippen LogP contribution in [0.5, 0.6) is 5.88 Å². The van der Waals surface area contributed by atoms with E-state index in [-0.39, 0.29) is 0 Å². The van der Waals surface area contributed by atoms with Crippen LogP contribution in [-0.4, -0.2) is 54.6 Å². The van der Waals surface area contributed by atoms with E-state index in [9.17, 15) is 0 Å². The van der Waals surface area contributed by atoms with E-state index < -0.39 is 0 Å². The highest BCUT2D eigenvalue weighted by atomic mass is 35.5. The van der Waals surface area contributed by atoms with Crippen LogP contribution in [-0.2, 0) is 4.74 Å². The van der Waals surface area contributed by atoms with Crippen LogP contribution in [0.15, 0.2) is 30.3 Å². The van der Waals surface area contributed by atoms with Gasteiger partial charge >= 0.3 is 0 Å². The minimum atomic E-state index is 0.619. The Morgan fingerprint density at radius 2 is 2.00 bits per heavy atom. The number of nitrogens with one attached hydrogen (secondary N) is 1. The van der Waals surface area contributed by atoms with Crippen molar-refractivity contribution in [3.8, 4) is 17.1 Å². The van der Waals surface area contributed by atoms with Crippen molar-refractivity contribution < 1.29 is 9.47 Å². The topological polar surface area (TPSA) is 50.4 Å². The molecule has 2 heterocycles. The largest absolute Gasteiger partial charge is 0.475 e. The van der Waals surface area contributed by atoms with E-state index in [2.05, 4.69) is 15.1 Å². The molecule has 0 saturated carbocycles. The van der Waals surface area contributed by atoms with E-state index >= 15 is 0 Å². The second-order valence-corrected chi connectivity index (χ2v) is 5.37. The van der Waals surface area contributed by atoms with Gasteiger partial charge in [-0.1, -0.05) is 23.7 Å². The maximum Gasteiger partial charge on any atom is 0.233 e. The predicted molar refractivity (Wildman–Crippen MR) is 81.8 cm³/mol. The molecule has 0 aliphatic carbocycles. The molecule has 0 amide bonds. The summed E-state index contributed by atoms with van der Waals surface area (Å²) in [6, 6.07) is 9.52. The van der Waals surface area contributed by atoms with Crippen LogP contribution in [0.2, 0.25) is 5.02 Å². The quantitative estimate of drug-likeness (QED) is 0.922. The van der Waals surface area contributed by atoms with Crippen LogP contribution < -0.4 is 4.74 Å². The number of aromatic amines is 1. The summed E-state index contributed by atoms with van der Waals surface area (Å²) in [5.74, 6) is 0.619. The maximum absolute atomic E-state index is 5.88. The van der Waals surface area contributed by atoms with Crippen LogP contribution in [0.3, 0.4) is 0 Å². The molecule has 112 valence electrons. The normalized spacial score (nSPS) is 16.0. The summed E-state index contributed by atoms with van der Waals surface area (Å²) < 4.78 is 11.0. The van der Waals surface area contributed by atoms with E-state index in [1.54, 1.807) is 0 Å².